The summed E-state index contributed by atoms with van der Waals surface area (Å²) in [4.78, 5) is 2.44. The molecule has 1 aromatic heterocycles. The summed E-state index contributed by atoms with van der Waals surface area (Å²) in [6, 6.07) is 4.00. The topological polar surface area (TPSA) is 28.4 Å². The molecular weight excluding hydrogens is 224 g/mol. The van der Waals surface area contributed by atoms with Crippen molar-refractivity contribution < 1.29 is 4.42 Å². The molecule has 0 bridgehead atoms. The normalized spacial score (nSPS) is 12.3. The van der Waals surface area contributed by atoms with Crippen LogP contribution in [0, 0.1) is 5.41 Å². The van der Waals surface area contributed by atoms with Crippen LogP contribution in [-0.4, -0.2) is 31.1 Å². The Morgan fingerprint density at radius 1 is 1.33 bits per heavy atom. The second kappa shape index (κ2) is 7.59. The third kappa shape index (κ3) is 5.69. The molecule has 0 unspecified atom stereocenters. The molecule has 0 aromatic carbocycles. The lowest BCUT2D eigenvalue weighted by molar-refractivity contribution is 0.165. The Kier molecular flexibility index (Phi) is 6.44. The fourth-order valence-corrected chi connectivity index (χ4v) is 2.17. The highest BCUT2D eigenvalue weighted by molar-refractivity contribution is 4.98. The highest BCUT2D eigenvalue weighted by atomic mass is 16.3. The van der Waals surface area contributed by atoms with Crippen LogP contribution in [0.4, 0.5) is 0 Å². The molecule has 3 nitrogen and oxygen atoms in total. The zero-order valence-corrected chi connectivity index (χ0v) is 12.3. The fourth-order valence-electron chi connectivity index (χ4n) is 2.17. The van der Waals surface area contributed by atoms with E-state index in [0.29, 0.717) is 0 Å². The van der Waals surface area contributed by atoms with Crippen LogP contribution >= 0.6 is 0 Å². The van der Waals surface area contributed by atoms with Crippen LogP contribution in [0.2, 0.25) is 0 Å². The van der Waals surface area contributed by atoms with E-state index >= 15 is 0 Å². The van der Waals surface area contributed by atoms with E-state index in [1.165, 1.54) is 6.42 Å². The first-order valence-electron chi connectivity index (χ1n) is 7.03. The molecule has 1 aromatic rings. The van der Waals surface area contributed by atoms with Gasteiger partial charge < -0.3 is 9.73 Å². The summed E-state index contributed by atoms with van der Waals surface area (Å²) >= 11 is 0. The van der Waals surface area contributed by atoms with Gasteiger partial charge in [0.2, 0.25) is 0 Å². The Balaban J connectivity index is 2.40. The summed E-state index contributed by atoms with van der Waals surface area (Å²) in [6.07, 6.45) is 2.94. The van der Waals surface area contributed by atoms with Gasteiger partial charge in [-0.05, 0) is 37.1 Å². The molecule has 0 amide bonds. The van der Waals surface area contributed by atoms with Crippen LogP contribution < -0.4 is 5.32 Å². The molecule has 0 spiro atoms. The third-order valence-corrected chi connectivity index (χ3v) is 3.09. The first kappa shape index (κ1) is 15.3. The molecule has 0 saturated heterocycles. The first-order chi connectivity index (χ1) is 8.57. The Bertz CT molecular complexity index is 306. The van der Waals surface area contributed by atoms with Crippen LogP contribution in [0.25, 0.3) is 0 Å². The third-order valence-electron chi connectivity index (χ3n) is 3.09. The Morgan fingerprint density at radius 2 is 2.11 bits per heavy atom. The zero-order valence-electron chi connectivity index (χ0n) is 12.3. The lowest BCUT2D eigenvalue weighted by Crippen LogP contribution is -2.40. The molecule has 0 radical (unpaired) electrons. The van der Waals surface area contributed by atoms with Gasteiger partial charge in [0.05, 0.1) is 12.8 Å². The number of furan rings is 1. The average molecular weight is 252 g/mol. The predicted molar refractivity (Wildman–Crippen MR) is 76.6 cm³/mol. The minimum atomic E-state index is 0.289. The molecule has 1 rings (SSSR count). The molecule has 0 aliphatic carbocycles. The molecule has 18 heavy (non-hydrogen) atoms. The summed E-state index contributed by atoms with van der Waals surface area (Å²) in [7, 11) is 0. The van der Waals surface area contributed by atoms with Gasteiger partial charge in [0.1, 0.15) is 5.76 Å². The number of hydrogen-bond donors (Lipinski definition) is 1. The molecular formula is C15H28N2O. The van der Waals surface area contributed by atoms with Crippen LogP contribution in [0.1, 0.15) is 39.9 Å². The molecule has 1 N–H and O–H groups in total. The summed E-state index contributed by atoms with van der Waals surface area (Å²) in [5.74, 6) is 1.05. The van der Waals surface area contributed by atoms with E-state index < -0.39 is 0 Å². The molecule has 3 heteroatoms. The lowest BCUT2D eigenvalue weighted by atomic mass is 9.92. The molecule has 104 valence electrons. The van der Waals surface area contributed by atoms with E-state index in [2.05, 4.69) is 37.9 Å². The Labute approximate surface area is 112 Å². The van der Waals surface area contributed by atoms with E-state index in [1.54, 1.807) is 6.26 Å². The Hall–Kier alpha value is -0.800. The number of hydrogen-bond acceptors (Lipinski definition) is 3. The highest BCUT2D eigenvalue weighted by Crippen LogP contribution is 2.17. The second-order valence-electron chi connectivity index (χ2n) is 5.72. The van der Waals surface area contributed by atoms with E-state index in [1.807, 2.05) is 12.1 Å². The van der Waals surface area contributed by atoms with Gasteiger partial charge in [0.25, 0.3) is 0 Å². The fraction of sp³-hybridized carbons (Fsp3) is 0.733. The highest BCUT2D eigenvalue weighted by Gasteiger charge is 2.21. The van der Waals surface area contributed by atoms with Crippen molar-refractivity contribution in [1.82, 2.24) is 10.2 Å². The molecule has 1 heterocycles. The molecule has 0 fully saturated rings. The maximum absolute atomic E-state index is 5.42. The summed E-state index contributed by atoms with van der Waals surface area (Å²) in [5.41, 5.74) is 0.289. The molecule has 0 saturated carbocycles. The smallest absolute Gasteiger partial charge is 0.117 e. The maximum Gasteiger partial charge on any atom is 0.117 e. The predicted octanol–water partition coefficient (Wildman–Crippen LogP) is 3.13. The van der Waals surface area contributed by atoms with Gasteiger partial charge in [-0.15, -0.1) is 0 Å². The summed E-state index contributed by atoms with van der Waals surface area (Å²) in [5, 5.41) is 3.51. The largest absolute Gasteiger partial charge is 0.468 e. The van der Waals surface area contributed by atoms with Crippen LogP contribution in [0.3, 0.4) is 0 Å². The van der Waals surface area contributed by atoms with Gasteiger partial charge in [-0.3, -0.25) is 4.90 Å². The van der Waals surface area contributed by atoms with Crippen LogP contribution in [-0.2, 0) is 6.54 Å². The van der Waals surface area contributed by atoms with Crippen molar-refractivity contribution >= 4 is 0 Å². The first-order valence-corrected chi connectivity index (χ1v) is 7.03. The van der Waals surface area contributed by atoms with Crippen molar-refractivity contribution in [3.63, 3.8) is 0 Å². The lowest BCUT2D eigenvalue weighted by Gasteiger charge is -2.32. The monoisotopic (exact) mass is 252 g/mol. The number of rotatable bonds is 9. The zero-order chi connectivity index (χ0) is 13.4. The molecule has 0 atom stereocenters. The Morgan fingerprint density at radius 3 is 2.67 bits per heavy atom. The maximum atomic E-state index is 5.42. The summed E-state index contributed by atoms with van der Waals surface area (Å²) in [6.45, 7) is 14.3. The standard InChI is InChI=1S/C15H28N2O/c1-5-9-16-12-15(3,4)13-17(6-2)11-14-8-7-10-18-14/h7-8,10,16H,5-6,9,11-13H2,1-4H3. The summed E-state index contributed by atoms with van der Waals surface area (Å²) < 4.78 is 5.42. The van der Waals surface area contributed by atoms with Gasteiger partial charge >= 0.3 is 0 Å². The van der Waals surface area contributed by atoms with Crippen molar-refractivity contribution in [2.24, 2.45) is 5.41 Å². The quantitative estimate of drug-likeness (QED) is 0.684. The van der Waals surface area contributed by atoms with Gasteiger partial charge in [0.15, 0.2) is 0 Å². The van der Waals surface area contributed by atoms with Crippen LogP contribution in [0.5, 0.6) is 0 Å². The number of nitrogens with zero attached hydrogens (tertiary/aromatic N) is 1. The minimum Gasteiger partial charge on any atom is -0.468 e. The van der Waals surface area contributed by atoms with Crippen molar-refractivity contribution in [2.45, 2.75) is 40.7 Å². The van der Waals surface area contributed by atoms with Crippen molar-refractivity contribution in [2.75, 3.05) is 26.2 Å². The number of nitrogens with one attached hydrogen (secondary N) is 1. The molecule has 0 aliphatic heterocycles. The molecule has 0 aliphatic rings. The average Bonchev–Trinajstić information content (AvgIpc) is 2.81. The van der Waals surface area contributed by atoms with E-state index in [9.17, 15) is 0 Å². The SMILES string of the molecule is CCCNCC(C)(C)CN(CC)Cc1ccco1. The minimum absolute atomic E-state index is 0.289. The van der Waals surface area contributed by atoms with E-state index in [-0.39, 0.29) is 5.41 Å². The van der Waals surface area contributed by atoms with E-state index in [4.69, 9.17) is 4.42 Å². The van der Waals surface area contributed by atoms with Crippen molar-refractivity contribution in [1.29, 1.82) is 0 Å². The van der Waals surface area contributed by atoms with Crippen molar-refractivity contribution in [3.05, 3.63) is 24.2 Å². The van der Waals surface area contributed by atoms with Crippen molar-refractivity contribution in [3.8, 4) is 0 Å². The van der Waals surface area contributed by atoms with Gasteiger partial charge in [-0.25, -0.2) is 0 Å². The second-order valence-corrected chi connectivity index (χ2v) is 5.72. The van der Waals surface area contributed by atoms with Gasteiger partial charge in [0, 0.05) is 13.1 Å². The van der Waals surface area contributed by atoms with Crippen LogP contribution in [0.15, 0.2) is 22.8 Å². The van der Waals surface area contributed by atoms with E-state index in [0.717, 1.165) is 38.5 Å². The van der Waals surface area contributed by atoms with Gasteiger partial charge in [-0.2, -0.15) is 0 Å². The van der Waals surface area contributed by atoms with Gasteiger partial charge in [-0.1, -0.05) is 27.7 Å².